The van der Waals surface area contributed by atoms with Gasteiger partial charge < -0.3 is 19.9 Å². The summed E-state index contributed by atoms with van der Waals surface area (Å²) in [5, 5.41) is 4.76. The molecule has 166 valence electrons. The van der Waals surface area contributed by atoms with Crippen LogP contribution in [0.25, 0.3) is 0 Å². The second-order valence-corrected chi connectivity index (χ2v) is 8.37. The van der Waals surface area contributed by atoms with Crippen LogP contribution in [0.1, 0.15) is 57.5 Å². The number of carbonyl (C=O) groups excluding carboxylic acids is 3. The van der Waals surface area contributed by atoms with Gasteiger partial charge in [0.05, 0.1) is 19.2 Å². The summed E-state index contributed by atoms with van der Waals surface area (Å²) in [5.41, 5.74) is 5.48. The number of rotatable bonds is 3. The fourth-order valence-corrected chi connectivity index (χ4v) is 2.13. The van der Waals surface area contributed by atoms with Crippen LogP contribution in [-0.4, -0.2) is 42.4 Å². The maximum Gasteiger partial charge on any atom is 0.414 e. The van der Waals surface area contributed by atoms with Crippen LogP contribution in [0, 0.1) is 0 Å². The van der Waals surface area contributed by atoms with Gasteiger partial charge in [0.2, 0.25) is 5.96 Å². The van der Waals surface area contributed by atoms with Crippen molar-refractivity contribution in [3.63, 3.8) is 0 Å². The van der Waals surface area contributed by atoms with Gasteiger partial charge in [0.1, 0.15) is 11.2 Å². The molecule has 0 aliphatic heterocycles. The third-order valence-corrected chi connectivity index (χ3v) is 3.09. The maximum absolute atomic E-state index is 12.1. The molecule has 0 aromatic heterocycles. The van der Waals surface area contributed by atoms with Crippen molar-refractivity contribution < 1.29 is 28.6 Å². The molecule has 0 aliphatic rings. The predicted octanol–water partition coefficient (Wildman–Crippen LogP) is 2.96. The number of alkyl carbamates (subject to hydrolysis) is 2. The molecule has 0 bridgehead atoms. The van der Waals surface area contributed by atoms with Crippen molar-refractivity contribution in [2.75, 3.05) is 12.8 Å². The van der Waals surface area contributed by atoms with E-state index in [1.54, 1.807) is 53.7 Å². The van der Waals surface area contributed by atoms with Crippen LogP contribution in [0.4, 0.5) is 15.3 Å². The number of nitrogens with one attached hydrogen (secondary N) is 2. The molecule has 10 heteroatoms. The number of aliphatic imine (C=N–C) groups is 1. The third kappa shape index (κ3) is 9.76. The van der Waals surface area contributed by atoms with Crippen LogP contribution in [0.3, 0.4) is 0 Å². The minimum absolute atomic E-state index is 0.00400. The summed E-state index contributed by atoms with van der Waals surface area (Å²) in [6.45, 7) is 10.2. The Morgan fingerprint density at radius 3 is 1.87 bits per heavy atom. The number of esters is 1. The van der Waals surface area contributed by atoms with E-state index < -0.39 is 29.4 Å². The van der Waals surface area contributed by atoms with Crippen molar-refractivity contribution in [3.8, 4) is 0 Å². The topological polar surface area (TPSA) is 141 Å². The Balaban J connectivity index is 3.06. The summed E-state index contributed by atoms with van der Waals surface area (Å²) < 4.78 is 15.1. The highest BCUT2D eigenvalue weighted by Crippen LogP contribution is 2.14. The molecule has 0 fully saturated rings. The zero-order valence-electron chi connectivity index (χ0n) is 18.4. The normalized spacial score (nSPS) is 11.2. The van der Waals surface area contributed by atoms with Crippen LogP contribution < -0.4 is 16.4 Å². The van der Waals surface area contributed by atoms with Gasteiger partial charge in [-0.25, -0.2) is 19.4 Å². The molecule has 1 rings (SSSR count). The molecule has 10 nitrogen and oxygen atoms in total. The quantitative estimate of drug-likeness (QED) is 0.223. The minimum Gasteiger partial charge on any atom is -0.465 e. The van der Waals surface area contributed by atoms with E-state index in [-0.39, 0.29) is 18.1 Å². The number of ether oxygens (including phenoxy) is 3. The summed E-state index contributed by atoms with van der Waals surface area (Å²) in [7, 11) is 1.26. The van der Waals surface area contributed by atoms with E-state index >= 15 is 0 Å². The Hall–Kier alpha value is -3.30. The number of benzene rings is 1. The molecule has 1 aromatic carbocycles. The molecule has 0 atom stereocenters. The molecule has 0 saturated heterocycles. The Bertz CT molecular complexity index is 790. The molecular formula is C20H30N4O6. The van der Waals surface area contributed by atoms with Crippen LogP contribution in [0.5, 0.6) is 0 Å². The molecular weight excluding hydrogens is 392 g/mol. The Kier molecular flexibility index (Phi) is 8.20. The average molecular weight is 422 g/mol. The van der Waals surface area contributed by atoms with Gasteiger partial charge in [-0.2, -0.15) is 0 Å². The lowest BCUT2D eigenvalue weighted by atomic mass is 10.1. The number of nitrogens with two attached hydrogens (primary N) is 1. The highest BCUT2D eigenvalue weighted by Gasteiger charge is 2.21. The lowest BCUT2D eigenvalue weighted by Crippen LogP contribution is -2.47. The van der Waals surface area contributed by atoms with E-state index in [9.17, 15) is 14.4 Å². The standard InChI is InChI=1S/C20H30N4O6/c1-19(2,3)29-17(26)23-16(24-18(27)30-20(4,5)6)22-11-12-8-13(15(25)28-7)10-14(21)9-12/h8-10H,11,21H2,1-7H3,(H2,22,23,24,26,27). The number of amides is 2. The van der Waals surface area contributed by atoms with Crippen molar-refractivity contribution >= 4 is 29.8 Å². The summed E-state index contributed by atoms with van der Waals surface area (Å²) >= 11 is 0. The van der Waals surface area contributed by atoms with E-state index in [2.05, 4.69) is 15.6 Å². The third-order valence-electron chi connectivity index (χ3n) is 3.09. The highest BCUT2D eigenvalue weighted by molar-refractivity contribution is 6.01. The Morgan fingerprint density at radius 2 is 1.43 bits per heavy atom. The molecule has 0 aliphatic carbocycles. The summed E-state index contributed by atoms with van der Waals surface area (Å²) in [6.07, 6.45) is -1.61. The molecule has 0 saturated carbocycles. The SMILES string of the molecule is COC(=O)c1cc(N)cc(CN=C(NC(=O)OC(C)(C)C)NC(=O)OC(C)(C)C)c1. The number of anilines is 1. The number of methoxy groups -OCH3 is 1. The molecule has 0 unspecified atom stereocenters. The molecule has 0 radical (unpaired) electrons. The molecule has 0 heterocycles. The largest absolute Gasteiger partial charge is 0.465 e. The van der Waals surface area contributed by atoms with Crippen molar-refractivity contribution in [2.24, 2.45) is 4.99 Å². The van der Waals surface area contributed by atoms with Crippen LogP contribution >= 0.6 is 0 Å². The molecule has 0 spiro atoms. The zero-order chi connectivity index (χ0) is 23.1. The van der Waals surface area contributed by atoms with Gasteiger partial charge in [0.25, 0.3) is 0 Å². The first-order valence-corrected chi connectivity index (χ1v) is 9.21. The molecule has 30 heavy (non-hydrogen) atoms. The number of carbonyl (C=O) groups is 3. The number of hydrogen-bond acceptors (Lipinski definition) is 8. The molecule has 2 amide bonds. The zero-order valence-corrected chi connectivity index (χ0v) is 18.4. The van der Waals surface area contributed by atoms with E-state index in [4.69, 9.17) is 19.9 Å². The van der Waals surface area contributed by atoms with Gasteiger partial charge >= 0.3 is 18.2 Å². The number of nitrogens with zero attached hydrogens (tertiary/aromatic N) is 1. The first kappa shape index (κ1) is 24.7. The maximum atomic E-state index is 12.1. The summed E-state index contributed by atoms with van der Waals surface area (Å²) in [6, 6.07) is 4.62. The van der Waals surface area contributed by atoms with Crippen LogP contribution in [0.2, 0.25) is 0 Å². The number of hydrogen-bond donors (Lipinski definition) is 3. The van der Waals surface area contributed by atoms with Crippen molar-refractivity contribution in [1.82, 2.24) is 10.6 Å². The predicted molar refractivity (Wildman–Crippen MR) is 112 cm³/mol. The van der Waals surface area contributed by atoms with E-state index in [1.807, 2.05) is 0 Å². The fourth-order valence-electron chi connectivity index (χ4n) is 2.13. The van der Waals surface area contributed by atoms with Crippen LogP contribution in [0.15, 0.2) is 23.2 Å². The van der Waals surface area contributed by atoms with Crippen molar-refractivity contribution in [3.05, 3.63) is 29.3 Å². The second kappa shape index (κ2) is 9.95. The van der Waals surface area contributed by atoms with E-state index in [0.29, 0.717) is 11.3 Å². The van der Waals surface area contributed by atoms with E-state index in [0.717, 1.165) is 0 Å². The van der Waals surface area contributed by atoms with Gasteiger partial charge in [-0.05, 0) is 65.3 Å². The van der Waals surface area contributed by atoms with Crippen LogP contribution in [-0.2, 0) is 20.8 Å². The summed E-state index contributed by atoms with van der Waals surface area (Å²) in [5.74, 6) is -0.730. The lowest BCUT2D eigenvalue weighted by Gasteiger charge is -2.22. The first-order valence-electron chi connectivity index (χ1n) is 9.21. The van der Waals surface area contributed by atoms with Gasteiger partial charge in [-0.1, -0.05) is 0 Å². The second-order valence-electron chi connectivity index (χ2n) is 8.37. The van der Waals surface area contributed by atoms with Crippen molar-refractivity contribution in [1.29, 1.82) is 0 Å². The van der Waals surface area contributed by atoms with Gasteiger partial charge in [0, 0.05) is 5.69 Å². The number of guanidine groups is 1. The van der Waals surface area contributed by atoms with Gasteiger partial charge in [0.15, 0.2) is 0 Å². The highest BCUT2D eigenvalue weighted by atomic mass is 16.6. The Morgan fingerprint density at radius 1 is 0.933 bits per heavy atom. The average Bonchev–Trinajstić information content (AvgIpc) is 2.55. The molecule has 4 N–H and O–H groups in total. The fraction of sp³-hybridized carbons (Fsp3) is 0.500. The van der Waals surface area contributed by atoms with Gasteiger partial charge in [-0.15, -0.1) is 0 Å². The van der Waals surface area contributed by atoms with Crippen molar-refractivity contribution in [2.45, 2.75) is 59.3 Å². The lowest BCUT2D eigenvalue weighted by molar-refractivity contribution is 0.0541. The number of nitrogen functional groups attached to an aromatic ring is 1. The monoisotopic (exact) mass is 422 g/mol. The first-order chi connectivity index (χ1) is 13.7. The van der Waals surface area contributed by atoms with E-state index in [1.165, 1.54) is 13.2 Å². The minimum atomic E-state index is -0.805. The van der Waals surface area contributed by atoms with Gasteiger partial charge in [-0.3, -0.25) is 10.6 Å². The summed E-state index contributed by atoms with van der Waals surface area (Å²) in [4.78, 5) is 40.1. The Labute approximate surface area is 176 Å². The molecule has 1 aromatic rings. The smallest absolute Gasteiger partial charge is 0.414 e.